The Morgan fingerprint density at radius 2 is 1.76 bits per heavy atom. The number of alkyl carbamates (subject to hydrolysis) is 1. The van der Waals surface area contributed by atoms with Crippen LogP contribution in [-0.4, -0.2) is 65.2 Å². The van der Waals surface area contributed by atoms with Gasteiger partial charge in [-0.15, -0.1) is 0 Å². The fraction of sp³-hybridized carbons (Fsp3) is 0.643. The fourth-order valence-electron chi connectivity index (χ4n) is 3.89. The molecule has 2 unspecified atom stereocenters. The van der Waals surface area contributed by atoms with E-state index in [1.807, 2.05) is 20.8 Å². The molecule has 0 fully saturated rings. The molecule has 38 heavy (non-hydrogen) atoms. The lowest BCUT2D eigenvalue weighted by Gasteiger charge is -2.35. The van der Waals surface area contributed by atoms with E-state index in [1.54, 1.807) is 46.8 Å². The van der Waals surface area contributed by atoms with Gasteiger partial charge in [-0.1, -0.05) is 26.8 Å². The highest BCUT2D eigenvalue weighted by Crippen LogP contribution is 2.28. The Bertz CT molecular complexity index is 956. The fourth-order valence-corrected chi connectivity index (χ4v) is 3.89. The number of carbonyl (C=O) groups is 4. The molecule has 1 aromatic rings. The molecule has 0 bridgehead atoms. The second kappa shape index (κ2) is 15.2. The maximum Gasteiger partial charge on any atom is 0.408 e. The third-order valence-corrected chi connectivity index (χ3v) is 5.47. The van der Waals surface area contributed by atoms with E-state index in [-0.39, 0.29) is 37.8 Å². The van der Waals surface area contributed by atoms with E-state index >= 15 is 0 Å². The van der Waals surface area contributed by atoms with Gasteiger partial charge in [-0.25, -0.2) is 4.79 Å². The topological polar surface area (TPSA) is 134 Å². The maximum absolute atomic E-state index is 14.0. The monoisotopic (exact) mass is 535 g/mol. The summed E-state index contributed by atoms with van der Waals surface area (Å²) in [5, 5.41) is 15.5. The standard InChI is InChI=1S/C28H45N3O7/c1-9-15-31(26(35)21(16-18(3)4)30-27(36)38-28(6,7)8)24(20-11-12-22(32)19(5)17-20)25(34)29-14-13-23(33)37-10-2/h11-12,17-18,21,24,32H,9-10,13-16H2,1-8H3,(H,29,34)(H,30,36). The third kappa shape index (κ3) is 11.0. The van der Waals surface area contributed by atoms with Gasteiger partial charge in [0, 0.05) is 13.1 Å². The number of esters is 1. The van der Waals surface area contributed by atoms with Gasteiger partial charge in [-0.05, 0) is 76.6 Å². The van der Waals surface area contributed by atoms with Gasteiger partial charge in [-0.2, -0.15) is 0 Å². The van der Waals surface area contributed by atoms with Gasteiger partial charge in [-0.3, -0.25) is 14.4 Å². The average molecular weight is 536 g/mol. The highest BCUT2D eigenvalue weighted by Gasteiger charge is 2.36. The van der Waals surface area contributed by atoms with E-state index in [1.165, 1.54) is 11.0 Å². The molecular formula is C28H45N3O7. The lowest BCUT2D eigenvalue weighted by molar-refractivity contribution is -0.144. The van der Waals surface area contributed by atoms with Crippen molar-refractivity contribution in [1.29, 1.82) is 0 Å². The Hall–Kier alpha value is -3.30. The summed E-state index contributed by atoms with van der Waals surface area (Å²) >= 11 is 0. The zero-order valence-electron chi connectivity index (χ0n) is 24.1. The number of aryl methyl sites for hydroxylation is 1. The van der Waals surface area contributed by atoms with Gasteiger partial charge in [0.25, 0.3) is 0 Å². The molecule has 0 aliphatic carbocycles. The quantitative estimate of drug-likeness (QED) is 0.325. The predicted octanol–water partition coefficient (Wildman–Crippen LogP) is 3.99. The lowest BCUT2D eigenvalue weighted by Crippen LogP contribution is -2.53. The van der Waals surface area contributed by atoms with E-state index < -0.39 is 41.6 Å². The zero-order chi connectivity index (χ0) is 29.0. The van der Waals surface area contributed by atoms with Crippen molar-refractivity contribution in [3.63, 3.8) is 0 Å². The number of rotatable bonds is 13. The summed E-state index contributed by atoms with van der Waals surface area (Å²) in [7, 11) is 0. The van der Waals surface area contributed by atoms with Crippen LogP contribution >= 0.6 is 0 Å². The number of ether oxygens (including phenoxy) is 2. The van der Waals surface area contributed by atoms with Crippen molar-refractivity contribution in [3.8, 4) is 5.75 Å². The largest absolute Gasteiger partial charge is 0.508 e. The van der Waals surface area contributed by atoms with Crippen LogP contribution in [-0.2, 0) is 23.9 Å². The summed E-state index contributed by atoms with van der Waals surface area (Å²) in [5.74, 6) is -1.22. The van der Waals surface area contributed by atoms with E-state index in [4.69, 9.17) is 9.47 Å². The van der Waals surface area contributed by atoms with Crippen molar-refractivity contribution >= 4 is 23.9 Å². The molecule has 0 aliphatic heterocycles. The second-order valence-corrected chi connectivity index (χ2v) is 10.7. The van der Waals surface area contributed by atoms with Crippen molar-refractivity contribution in [2.45, 2.75) is 92.3 Å². The molecule has 0 saturated heterocycles. The second-order valence-electron chi connectivity index (χ2n) is 10.7. The van der Waals surface area contributed by atoms with Crippen LogP contribution in [0.5, 0.6) is 5.75 Å². The predicted molar refractivity (Wildman–Crippen MR) is 144 cm³/mol. The van der Waals surface area contributed by atoms with E-state index in [0.29, 0.717) is 24.0 Å². The molecule has 1 aromatic carbocycles. The molecule has 0 aliphatic rings. The van der Waals surface area contributed by atoms with Gasteiger partial charge in [0.15, 0.2) is 0 Å². The number of benzene rings is 1. The molecule has 1 rings (SSSR count). The first-order valence-electron chi connectivity index (χ1n) is 13.2. The van der Waals surface area contributed by atoms with Crippen LogP contribution < -0.4 is 10.6 Å². The molecular weight excluding hydrogens is 490 g/mol. The first-order chi connectivity index (χ1) is 17.7. The van der Waals surface area contributed by atoms with Crippen LogP contribution in [0.3, 0.4) is 0 Å². The van der Waals surface area contributed by atoms with E-state index in [0.717, 1.165) is 0 Å². The van der Waals surface area contributed by atoms with Gasteiger partial charge >= 0.3 is 12.1 Å². The molecule has 0 spiro atoms. The first-order valence-corrected chi connectivity index (χ1v) is 13.2. The molecule has 214 valence electrons. The molecule has 3 N–H and O–H groups in total. The molecule has 2 atom stereocenters. The Labute approximate surface area is 226 Å². The van der Waals surface area contributed by atoms with Crippen molar-refractivity contribution in [1.82, 2.24) is 15.5 Å². The zero-order valence-corrected chi connectivity index (χ0v) is 24.1. The molecule has 3 amide bonds. The molecule has 0 radical (unpaired) electrons. The molecule has 0 aromatic heterocycles. The maximum atomic E-state index is 14.0. The Morgan fingerprint density at radius 3 is 2.29 bits per heavy atom. The summed E-state index contributed by atoms with van der Waals surface area (Å²) in [6, 6.07) is 2.73. The summed E-state index contributed by atoms with van der Waals surface area (Å²) < 4.78 is 10.3. The Balaban J connectivity index is 3.40. The average Bonchev–Trinajstić information content (AvgIpc) is 2.78. The van der Waals surface area contributed by atoms with Crippen molar-refractivity contribution in [2.75, 3.05) is 19.7 Å². The number of aromatic hydroxyl groups is 1. The number of carbonyl (C=O) groups excluding carboxylic acids is 4. The van der Waals surface area contributed by atoms with Crippen LogP contribution in [0.1, 0.15) is 84.9 Å². The highest BCUT2D eigenvalue weighted by molar-refractivity contribution is 5.92. The van der Waals surface area contributed by atoms with Crippen molar-refractivity contribution in [2.24, 2.45) is 5.92 Å². The lowest BCUT2D eigenvalue weighted by atomic mass is 9.98. The Kier molecular flexibility index (Phi) is 13.1. The number of amides is 3. The minimum atomic E-state index is -1.06. The molecule has 10 nitrogen and oxygen atoms in total. The summed E-state index contributed by atoms with van der Waals surface area (Å²) in [6.07, 6.45) is 0.156. The Morgan fingerprint density at radius 1 is 1.11 bits per heavy atom. The van der Waals surface area contributed by atoms with Crippen LogP contribution in [0.4, 0.5) is 4.79 Å². The van der Waals surface area contributed by atoms with E-state index in [2.05, 4.69) is 10.6 Å². The highest BCUT2D eigenvalue weighted by atomic mass is 16.6. The minimum Gasteiger partial charge on any atom is -0.508 e. The number of hydrogen-bond acceptors (Lipinski definition) is 7. The van der Waals surface area contributed by atoms with Gasteiger partial charge in [0.2, 0.25) is 11.8 Å². The summed E-state index contributed by atoms with van der Waals surface area (Å²) in [5.41, 5.74) is 0.293. The summed E-state index contributed by atoms with van der Waals surface area (Å²) in [4.78, 5) is 53.3. The van der Waals surface area contributed by atoms with Gasteiger partial charge in [0.05, 0.1) is 13.0 Å². The molecule has 0 heterocycles. The number of nitrogens with one attached hydrogen (secondary N) is 2. The minimum absolute atomic E-state index is 0.0151. The summed E-state index contributed by atoms with van der Waals surface area (Å²) in [6.45, 7) is 14.9. The number of phenolic OH excluding ortho intramolecular Hbond substituents is 1. The van der Waals surface area contributed by atoms with Gasteiger partial charge in [0.1, 0.15) is 23.4 Å². The number of nitrogens with zero attached hydrogens (tertiary/aromatic N) is 1. The van der Waals surface area contributed by atoms with Crippen LogP contribution in [0.25, 0.3) is 0 Å². The van der Waals surface area contributed by atoms with Crippen LogP contribution in [0, 0.1) is 12.8 Å². The molecule has 10 heteroatoms. The van der Waals surface area contributed by atoms with Crippen molar-refractivity contribution in [3.05, 3.63) is 29.3 Å². The number of hydrogen-bond donors (Lipinski definition) is 3. The molecule has 0 saturated carbocycles. The van der Waals surface area contributed by atoms with Gasteiger partial charge < -0.3 is 30.1 Å². The first kappa shape index (κ1) is 32.7. The smallest absolute Gasteiger partial charge is 0.408 e. The third-order valence-electron chi connectivity index (χ3n) is 5.47. The number of phenols is 1. The van der Waals surface area contributed by atoms with Crippen LogP contribution in [0.15, 0.2) is 18.2 Å². The van der Waals surface area contributed by atoms with Crippen LogP contribution in [0.2, 0.25) is 0 Å². The SMILES string of the molecule is CCCN(C(=O)C(CC(C)C)NC(=O)OC(C)(C)C)C(C(=O)NCCC(=O)OCC)c1ccc(O)c(C)c1. The van der Waals surface area contributed by atoms with E-state index in [9.17, 15) is 24.3 Å². The van der Waals surface area contributed by atoms with Crippen molar-refractivity contribution < 1.29 is 33.8 Å². The normalized spacial score (nSPS) is 12.9.